The number of rotatable bonds is 7. The van der Waals surface area contributed by atoms with E-state index in [1.807, 2.05) is 12.1 Å². The summed E-state index contributed by atoms with van der Waals surface area (Å²) >= 11 is 0. The number of nitro groups is 1. The second-order valence-electron chi connectivity index (χ2n) is 6.28. The average molecular weight is 347 g/mol. The van der Waals surface area contributed by atoms with Gasteiger partial charge >= 0.3 is 0 Å². The van der Waals surface area contributed by atoms with Crippen LogP contribution >= 0.6 is 0 Å². The zero-order chi connectivity index (χ0) is 17.5. The van der Waals surface area contributed by atoms with Crippen LogP contribution in [-0.4, -0.2) is 62.4 Å². The molecule has 1 fully saturated rings. The van der Waals surface area contributed by atoms with E-state index in [9.17, 15) is 10.1 Å². The summed E-state index contributed by atoms with van der Waals surface area (Å²) in [6, 6.07) is 5.05. The van der Waals surface area contributed by atoms with Crippen molar-refractivity contribution in [1.29, 1.82) is 0 Å². The van der Waals surface area contributed by atoms with E-state index in [0.717, 1.165) is 69.1 Å². The fourth-order valence-corrected chi connectivity index (χ4v) is 3.19. The van der Waals surface area contributed by atoms with Crippen LogP contribution in [0, 0.1) is 10.1 Å². The van der Waals surface area contributed by atoms with Crippen molar-refractivity contribution in [2.45, 2.75) is 12.8 Å². The Hall–Kier alpha value is -1.96. The Kier molecular flexibility index (Phi) is 6.38. The third-order valence-corrected chi connectivity index (χ3v) is 4.59. The standard InChI is InChI=1S/C18H25N3O4/c22-21(23)16-2-3-18(17(14-16)15-4-10-24-11-5-15)19-6-1-7-20-8-12-25-13-9-20/h2-4,14,19H,1,5-13H2. The number of nitro benzene ring substituents is 1. The molecule has 0 saturated carbocycles. The van der Waals surface area contributed by atoms with Crippen LogP contribution in [-0.2, 0) is 9.47 Å². The van der Waals surface area contributed by atoms with Crippen molar-refractivity contribution < 1.29 is 14.4 Å². The normalized spacial score (nSPS) is 18.6. The van der Waals surface area contributed by atoms with Gasteiger partial charge in [0.1, 0.15) is 0 Å². The van der Waals surface area contributed by atoms with Crippen LogP contribution in [0.4, 0.5) is 11.4 Å². The maximum atomic E-state index is 11.1. The Bertz CT molecular complexity index is 627. The van der Waals surface area contributed by atoms with Crippen LogP contribution in [0.15, 0.2) is 24.3 Å². The highest BCUT2D eigenvalue weighted by Gasteiger charge is 2.16. The number of anilines is 1. The van der Waals surface area contributed by atoms with Crippen LogP contribution in [0.2, 0.25) is 0 Å². The first kappa shape index (κ1) is 17.8. The van der Waals surface area contributed by atoms with E-state index >= 15 is 0 Å². The van der Waals surface area contributed by atoms with Crippen LogP contribution in [0.25, 0.3) is 5.57 Å². The minimum Gasteiger partial charge on any atom is -0.384 e. The molecule has 0 spiro atoms. The molecule has 1 N–H and O–H groups in total. The summed E-state index contributed by atoms with van der Waals surface area (Å²) in [7, 11) is 0. The van der Waals surface area contributed by atoms with Crippen molar-refractivity contribution in [3.63, 3.8) is 0 Å². The molecule has 1 aromatic rings. The summed E-state index contributed by atoms with van der Waals surface area (Å²) in [6.07, 6.45) is 3.82. The molecule has 3 rings (SSSR count). The van der Waals surface area contributed by atoms with Gasteiger partial charge in [0, 0.05) is 43.0 Å². The van der Waals surface area contributed by atoms with Crippen molar-refractivity contribution in [3.05, 3.63) is 40.0 Å². The maximum Gasteiger partial charge on any atom is 0.270 e. The van der Waals surface area contributed by atoms with Gasteiger partial charge in [-0.25, -0.2) is 0 Å². The summed E-state index contributed by atoms with van der Waals surface area (Å²) in [5.74, 6) is 0. The second kappa shape index (κ2) is 8.94. The molecule has 7 heteroatoms. The Balaban J connectivity index is 1.62. The molecule has 25 heavy (non-hydrogen) atoms. The van der Waals surface area contributed by atoms with Gasteiger partial charge in [-0.15, -0.1) is 0 Å². The Morgan fingerprint density at radius 2 is 2.04 bits per heavy atom. The van der Waals surface area contributed by atoms with E-state index in [0.29, 0.717) is 13.2 Å². The number of hydrogen-bond acceptors (Lipinski definition) is 6. The minimum atomic E-state index is -0.342. The minimum absolute atomic E-state index is 0.126. The number of benzene rings is 1. The lowest BCUT2D eigenvalue weighted by Crippen LogP contribution is -2.37. The molecule has 2 heterocycles. The first-order chi connectivity index (χ1) is 12.2. The first-order valence-electron chi connectivity index (χ1n) is 8.83. The van der Waals surface area contributed by atoms with E-state index in [-0.39, 0.29) is 10.6 Å². The summed E-state index contributed by atoms with van der Waals surface area (Å²) in [4.78, 5) is 13.2. The number of morpholine rings is 1. The summed E-state index contributed by atoms with van der Waals surface area (Å²) in [5.41, 5.74) is 3.12. The molecule has 7 nitrogen and oxygen atoms in total. The first-order valence-corrected chi connectivity index (χ1v) is 8.83. The fourth-order valence-electron chi connectivity index (χ4n) is 3.19. The molecule has 0 radical (unpaired) electrons. The van der Waals surface area contributed by atoms with Crippen LogP contribution < -0.4 is 5.32 Å². The molecule has 0 bridgehead atoms. The molecule has 0 amide bonds. The number of hydrogen-bond donors (Lipinski definition) is 1. The number of ether oxygens (including phenoxy) is 2. The smallest absolute Gasteiger partial charge is 0.270 e. The lowest BCUT2D eigenvalue weighted by molar-refractivity contribution is -0.384. The van der Waals surface area contributed by atoms with E-state index in [1.54, 1.807) is 12.1 Å². The molecular formula is C18H25N3O4. The molecular weight excluding hydrogens is 322 g/mol. The highest BCUT2D eigenvalue weighted by Crippen LogP contribution is 2.31. The SMILES string of the molecule is O=[N+]([O-])c1ccc(NCCCN2CCOCC2)c(C2=CCOCC2)c1. The van der Waals surface area contributed by atoms with Crippen molar-refractivity contribution in [2.24, 2.45) is 0 Å². The van der Waals surface area contributed by atoms with Gasteiger partial charge in [-0.1, -0.05) is 6.08 Å². The molecule has 1 aromatic carbocycles. The van der Waals surface area contributed by atoms with Gasteiger partial charge in [-0.3, -0.25) is 15.0 Å². The van der Waals surface area contributed by atoms with Gasteiger partial charge in [-0.05, 0) is 31.0 Å². The monoisotopic (exact) mass is 347 g/mol. The molecule has 2 aliphatic rings. The third-order valence-electron chi connectivity index (χ3n) is 4.59. The lowest BCUT2D eigenvalue weighted by atomic mass is 9.99. The Labute approximate surface area is 147 Å². The Morgan fingerprint density at radius 1 is 1.20 bits per heavy atom. The van der Waals surface area contributed by atoms with Gasteiger partial charge in [0.15, 0.2) is 0 Å². The molecule has 0 unspecified atom stereocenters. The van der Waals surface area contributed by atoms with E-state index in [1.165, 1.54) is 0 Å². The van der Waals surface area contributed by atoms with E-state index < -0.39 is 0 Å². The lowest BCUT2D eigenvalue weighted by Gasteiger charge is -2.26. The van der Waals surface area contributed by atoms with Gasteiger partial charge in [0.25, 0.3) is 5.69 Å². The molecule has 0 atom stereocenters. The summed E-state index contributed by atoms with van der Waals surface area (Å²) in [5, 5.41) is 14.6. The van der Waals surface area contributed by atoms with E-state index in [2.05, 4.69) is 10.2 Å². The van der Waals surface area contributed by atoms with Gasteiger partial charge in [0.05, 0.1) is 31.4 Å². The highest BCUT2D eigenvalue weighted by molar-refractivity contribution is 5.78. The average Bonchev–Trinajstić information content (AvgIpc) is 2.66. The number of nitrogens with one attached hydrogen (secondary N) is 1. The fraction of sp³-hybridized carbons (Fsp3) is 0.556. The zero-order valence-corrected chi connectivity index (χ0v) is 14.4. The highest BCUT2D eigenvalue weighted by atomic mass is 16.6. The molecule has 136 valence electrons. The molecule has 1 saturated heterocycles. The number of non-ortho nitro benzene ring substituents is 1. The quantitative estimate of drug-likeness (QED) is 0.464. The van der Waals surface area contributed by atoms with Crippen LogP contribution in [0.1, 0.15) is 18.4 Å². The van der Waals surface area contributed by atoms with Crippen LogP contribution in [0.3, 0.4) is 0 Å². The van der Waals surface area contributed by atoms with Gasteiger partial charge in [0.2, 0.25) is 0 Å². The predicted molar refractivity (Wildman–Crippen MR) is 96.9 cm³/mol. The van der Waals surface area contributed by atoms with Gasteiger partial charge in [-0.2, -0.15) is 0 Å². The summed E-state index contributed by atoms with van der Waals surface area (Å²) < 4.78 is 10.7. The Morgan fingerprint density at radius 3 is 2.76 bits per heavy atom. The van der Waals surface area contributed by atoms with Crippen molar-refractivity contribution in [1.82, 2.24) is 4.90 Å². The van der Waals surface area contributed by atoms with Crippen molar-refractivity contribution in [3.8, 4) is 0 Å². The van der Waals surface area contributed by atoms with E-state index in [4.69, 9.17) is 9.47 Å². The third kappa shape index (κ3) is 5.01. The molecule has 2 aliphatic heterocycles. The maximum absolute atomic E-state index is 11.1. The molecule has 0 aromatic heterocycles. The van der Waals surface area contributed by atoms with Crippen LogP contribution in [0.5, 0.6) is 0 Å². The van der Waals surface area contributed by atoms with Crippen molar-refractivity contribution >= 4 is 16.9 Å². The zero-order valence-electron chi connectivity index (χ0n) is 14.4. The van der Waals surface area contributed by atoms with Gasteiger partial charge < -0.3 is 14.8 Å². The molecule has 0 aliphatic carbocycles. The van der Waals surface area contributed by atoms with Crippen molar-refractivity contribution in [2.75, 3.05) is 57.9 Å². The summed E-state index contributed by atoms with van der Waals surface area (Å²) in [6.45, 7) is 6.72. The largest absolute Gasteiger partial charge is 0.384 e. The topological polar surface area (TPSA) is 76.9 Å². The second-order valence-corrected chi connectivity index (χ2v) is 6.28. The predicted octanol–water partition coefficient (Wildman–Crippen LogP) is 2.53. The number of nitrogens with zero attached hydrogens (tertiary/aromatic N) is 2.